The Hall–Kier alpha value is -3.34. The predicted molar refractivity (Wildman–Crippen MR) is 116 cm³/mol. The number of para-hydroxylation sites is 1. The molecule has 29 heavy (non-hydrogen) atoms. The molecule has 1 unspecified atom stereocenters. The Balaban J connectivity index is 1.80. The highest BCUT2D eigenvalue weighted by atomic mass is 16.5. The summed E-state index contributed by atoms with van der Waals surface area (Å²) in [6.07, 6.45) is -0.183. The topological polar surface area (TPSA) is 67.4 Å². The highest BCUT2D eigenvalue weighted by Crippen LogP contribution is 2.27. The van der Waals surface area contributed by atoms with Gasteiger partial charge in [-0.05, 0) is 43.9 Å². The summed E-state index contributed by atoms with van der Waals surface area (Å²) < 4.78 is 6.06. The minimum Gasteiger partial charge on any atom is -0.480 e. The minimum atomic E-state index is -0.679. The Morgan fingerprint density at radius 1 is 0.931 bits per heavy atom. The molecule has 0 saturated carbocycles. The van der Waals surface area contributed by atoms with Gasteiger partial charge < -0.3 is 15.4 Å². The highest BCUT2D eigenvalue weighted by Gasteiger charge is 2.21. The first-order chi connectivity index (χ1) is 14.0. The van der Waals surface area contributed by atoms with Crippen LogP contribution < -0.4 is 15.4 Å². The van der Waals surface area contributed by atoms with Crippen molar-refractivity contribution in [1.29, 1.82) is 0 Å². The van der Waals surface area contributed by atoms with E-state index in [1.54, 1.807) is 24.3 Å². The molecule has 1 atom stereocenters. The maximum atomic E-state index is 12.9. The number of fused-ring (bicyclic) bond motifs is 1. The van der Waals surface area contributed by atoms with Crippen molar-refractivity contribution in [3.63, 3.8) is 0 Å². The fourth-order valence-electron chi connectivity index (χ4n) is 3.12. The molecule has 3 aromatic carbocycles. The number of benzene rings is 3. The zero-order chi connectivity index (χ0) is 20.8. The SMILES string of the molecule is CCC(Oc1cccc2ccccc12)C(=O)Nc1ccccc1C(=O)NC(C)C. The summed E-state index contributed by atoms with van der Waals surface area (Å²) in [7, 11) is 0. The Morgan fingerprint density at radius 3 is 2.38 bits per heavy atom. The van der Waals surface area contributed by atoms with Crippen LogP contribution in [0.1, 0.15) is 37.6 Å². The molecule has 0 aliphatic rings. The van der Waals surface area contributed by atoms with Gasteiger partial charge in [0.05, 0.1) is 11.3 Å². The van der Waals surface area contributed by atoms with Crippen LogP contribution in [-0.2, 0) is 4.79 Å². The van der Waals surface area contributed by atoms with Crippen LogP contribution in [0.3, 0.4) is 0 Å². The number of ether oxygens (including phenoxy) is 1. The third-order valence-corrected chi connectivity index (χ3v) is 4.53. The maximum absolute atomic E-state index is 12.9. The van der Waals surface area contributed by atoms with Crippen molar-refractivity contribution in [3.8, 4) is 5.75 Å². The molecule has 0 fully saturated rings. The van der Waals surface area contributed by atoms with Crippen LogP contribution in [0.4, 0.5) is 5.69 Å². The van der Waals surface area contributed by atoms with Crippen molar-refractivity contribution in [1.82, 2.24) is 5.32 Å². The molecule has 0 bridgehead atoms. The van der Waals surface area contributed by atoms with E-state index in [1.807, 2.05) is 63.2 Å². The molecule has 0 aromatic heterocycles. The Bertz CT molecular complexity index is 1010. The third kappa shape index (κ3) is 4.93. The average molecular weight is 390 g/mol. The maximum Gasteiger partial charge on any atom is 0.265 e. The number of nitrogens with one attached hydrogen (secondary N) is 2. The molecule has 2 amide bonds. The standard InChI is InChI=1S/C24H26N2O3/c1-4-21(29-22-15-9-11-17-10-5-6-12-18(17)22)24(28)26-20-14-8-7-13-19(20)23(27)25-16(2)3/h5-16,21H,4H2,1-3H3,(H,25,27)(H,26,28). The third-order valence-electron chi connectivity index (χ3n) is 4.53. The number of carbonyl (C=O) groups is 2. The van der Waals surface area contributed by atoms with Gasteiger partial charge in [-0.25, -0.2) is 0 Å². The first kappa shape index (κ1) is 20.4. The van der Waals surface area contributed by atoms with Crippen molar-refractivity contribution in [3.05, 3.63) is 72.3 Å². The second kappa shape index (κ2) is 9.24. The van der Waals surface area contributed by atoms with Crippen LogP contribution in [0.25, 0.3) is 10.8 Å². The van der Waals surface area contributed by atoms with Gasteiger partial charge in [0.25, 0.3) is 11.8 Å². The summed E-state index contributed by atoms with van der Waals surface area (Å²) in [5.74, 6) is 0.153. The minimum absolute atomic E-state index is 0.00402. The molecule has 5 heteroatoms. The van der Waals surface area contributed by atoms with Crippen LogP contribution in [0.2, 0.25) is 0 Å². The lowest BCUT2D eigenvalue weighted by Gasteiger charge is -2.20. The molecule has 0 aliphatic carbocycles. The van der Waals surface area contributed by atoms with Crippen LogP contribution >= 0.6 is 0 Å². The Kier molecular flexibility index (Phi) is 6.50. The summed E-state index contributed by atoms with van der Waals surface area (Å²) in [5.41, 5.74) is 0.894. The van der Waals surface area contributed by atoms with Gasteiger partial charge in [0, 0.05) is 11.4 Å². The van der Waals surface area contributed by atoms with Crippen molar-refractivity contribution in [2.24, 2.45) is 0 Å². The average Bonchev–Trinajstić information content (AvgIpc) is 2.71. The summed E-state index contributed by atoms with van der Waals surface area (Å²) >= 11 is 0. The summed E-state index contributed by atoms with van der Waals surface area (Å²) in [6, 6.07) is 20.6. The lowest BCUT2D eigenvalue weighted by atomic mass is 10.1. The zero-order valence-corrected chi connectivity index (χ0v) is 16.9. The van der Waals surface area contributed by atoms with Gasteiger partial charge in [-0.3, -0.25) is 9.59 Å². The van der Waals surface area contributed by atoms with Crippen LogP contribution in [0.15, 0.2) is 66.7 Å². The number of rotatable bonds is 7. The number of amides is 2. The quantitative estimate of drug-likeness (QED) is 0.610. The molecule has 0 spiro atoms. The molecule has 150 valence electrons. The molecule has 0 aliphatic heterocycles. The smallest absolute Gasteiger partial charge is 0.265 e. The number of carbonyl (C=O) groups excluding carboxylic acids is 2. The second-order valence-corrected chi connectivity index (χ2v) is 7.16. The number of anilines is 1. The van der Waals surface area contributed by atoms with Crippen molar-refractivity contribution >= 4 is 28.3 Å². The van der Waals surface area contributed by atoms with E-state index in [-0.39, 0.29) is 17.9 Å². The van der Waals surface area contributed by atoms with Gasteiger partial charge in [0.15, 0.2) is 6.10 Å². The Morgan fingerprint density at radius 2 is 1.62 bits per heavy atom. The van der Waals surface area contributed by atoms with E-state index in [0.29, 0.717) is 23.4 Å². The monoisotopic (exact) mass is 390 g/mol. The lowest BCUT2D eigenvalue weighted by Crippen LogP contribution is -2.34. The largest absolute Gasteiger partial charge is 0.480 e. The molecular formula is C24H26N2O3. The van der Waals surface area contributed by atoms with E-state index >= 15 is 0 Å². The van der Waals surface area contributed by atoms with Gasteiger partial charge >= 0.3 is 0 Å². The molecule has 0 radical (unpaired) electrons. The van der Waals surface area contributed by atoms with E-state index in [0.717, 1.165) is 10.8 Å². The summed E-state index contributed by atoms with van der Waals surface area (Å²) in [6.45, 7) is 5.68. The molecule has 3 rings (SSSR count). The van der Waals surface area contributed by atoms with Crippen molar-refractivity contribution in [2.45, 2.75) is 39.3 Å². The van der Waals surface area contributed by atoms with Crippen LogP contribution in [-0.4, -0.2) is 24.0 Å². The second-order valence-electron chi connectivity index (χ2n) is 7.16. The van der Waals surface area contributed by atoms with Crippen LogP contribution in [0.5, 0.6) is 5.75 Å². The molecule has 3 aromatic rings. The first-order valence-corrected chi connectivity index (χ1v) is 9.84. The molecule has 5 nitrogen and oxygen atoms in total. The van der Waals surface area contributed by atoms with E-state index < -0.39 is 6.10 Å². The van der Waals surface area contributed by atoms with E-state index in [4.69, 9.17) is 4.74 Å². The molecule has 0 saturated heterocycles. The molecule has 0 heterocycles. The number of hydrogen-bond acceptors (Lipinski definition) is 3. The molecule has 2 N–H and O–H groups in total. The first-order valence-electron chi connectivity index (χ1n) is 9.84. The summed E-state index contributed by atoms with van der Waals surface area (Å²) in [4.78, 5) is 25.4. The molecular weight excluding hydrogens is 364 g/mol. The fourth-order valence-corrected chi connectivity index (χ4v) is 3.12. The van der Waals surface area contributed by atoms with Crippen molar-refractivity contribution < 1.29 is 14.3 Å². The van der Waals surface area contributed by atoms with Crippen LogP contribution in [0, 0.1) is 0 Å². The van der Waals surface area contributed by atoms with Gasteiger partial charge in [-0.15, -0.1) is 0 Å². The lowest BCUT2D eigenvalue weighted by molar-refractivity contribution is -0.122. The van der Waals surface area contributed by atoms with Gasteiger partial charge in [0.1, 0.15) is 5.75 Å². The van der Waals surface area contributed by atoms with Gasteiger partial charge in [-0.1, -0.05) is 55.5 Å². The number of hydrogen-bond donors (Lipinski definition) is 2. The predicted octanol–water partition coefficient (Wildman–Crippen LogP) is 4.77. The van der Waals surface area contributed by atoms with Gasteiger partial charge in [0.2, 0.25) is 0 Å². The Labute approximate surface area is 171 Å². The van der Waals surface area contributed by atoms with Gasteiger partial charge in [-0.2, -0.15) is 0 Å². The normalized spacial score (nSPS) is 11.9. The zero-order valence-electron chi connectivity index (χ0n) is 16.9. The fraction of sp³-hybridized carbons (Fsp3) is 0.250. The van der Waals surface area contributed by atoms with Crippen molar-refractivity contribution in [2.75, 3.05) is 5.32 Å². The van der Waals surface area contributed by atoms with E-state index in [1.165, 1.54) is 0 Å². The van der Waals surface area contributed by atoms with E-state index in [9.17, 15) is 9.59 Å². The highest BCUT2D eigenvalue weighted by molar-refractivity contribution is 6.04. The van der Waals surface area contributed by atoms with E-state index in [2.05, 4.69) is 10.6 Å². The summed E-state index contributed by atoms with van der Waals surface area (Å²) in [5, 5.41) is 7.72.